The fourth-order valence-corrected chi connectivity index (χ4v) is 1.49. The van der Waals surface area contributed by atoms with Gasteiger partial charge in [0.1, 0.15) is 5.75 Å². The Balaban J connectivity index is 3.39. The van der Waals surface area contributed by atoms with Crippen LogP contribution in [0.15, 0.2) is 16.6 Å². The van der Waals surface area contributed by atoms with Crippen molar-refractivity contribution in [2.75, 3.05) is 7.11 Å². The van der Waals surface area contributed by atoms with Gasteiger partial charge in [0.15, 0.2) is 12.6 Å². The van der Waals surface area contributed by atoms with Crippen LogP contribution in [0.5, 0.6) is 5.75 Å². The minimum Gasteiger partial charge on any atom is -0.496 e. The molecule has 1 aromatic rings. The molecule has 0 bridgehead atoms. The molecule has 0 saturated heterocycles. The highest BCUT2D eigenvalue weighted by Crippen LogP contribution is 2.27. The van der Waals surface area contributed by atoms with E-state index in [-0.39, 0.29) is 0 Å². The lowest BCUT2D eigenvalue weighted by atomic mass is 10.1. The molecule has 0 aromatic heterocycles. The van der Waals surface area contributed by atoms with Gasteiger partial charge < -0.3 is 4.74 Å². The first-order valence-corrected chi connectivity index (χ1v) is 4.30. The number of rotatable bonds is 3. The summed E-state index contributed by atoms with van der Waals surface area (Å²) >= 11 is 3.15. The third-order valence-corrected chi connectivity index (χ3v) is 2.52. The summed E-state index contributed by atoms with van der Waals surface area (Å²) < 4.78 is 5.41. The zero-order chi connectivity index (χ0) is 9.84. The van der Waals surface area contributed by atoms with Gasteiger partial charge in [-0.2, -0.15) is 0 Å². The smallest absolute Gasteiger partial charge is 0.154 e. The summed E-state index contributed by atoms with van der Waals surface area (Å²) in [7, 11) is 1.47. The molecule has 0 radical (unpaired) electrons. The monoisotopic (exact) mass is 242 g/mol. The number of aldehydes is 2. The second-order valence-corrected chi connectivity index (χ2v) is 3.11. The molecular formula is C9H7BrO3. The van der Waals surface area contributed by atoms with Crippen molar-refractivity contribution in [3.63, 3.8) is 0 Å². The number of benzene rings is 1. The molecule has 1 aromatic carbocycles. The van der Waals surface area contributed by atoms with Gasteiger partial charge in [-0.1, -0.05) is 0 Å². The standard InChI is InChI=1S/C9H7BrO3/c1-13-8-3-2-6(4-11)9(10)7(8)5-12/h2-5H,1H3. The van der Waals surface area contributed by atoms with Crippen LogP contribution in [0, 0.1) is 0 Å². The highest BCUT2D eigenvalue weighted by Gasteiger charge is 2.10. The number of halogens is 1. The number of ether oxygens (including phenoxy) is 1. The first kappa shape index (κ1) is 9.92. The molecule has 0 saturated carbocycles. The van der Waals surface area contributed by atoms with Crippen LogP contribution in [0.4, 0.5) is 0 Å². The average Bonchev–Trinajstić information content (AvgIpc) is 2.17. The van der Waals surface area contributed by atoms with Gasteiger partial charge in [-0.05, 0) is 28.1 Å². The van der Waals surface area contributed by atoms with Gasteiger partial charge in [-0.25, -0.2) is 0 Å². The van der Waals surface area contributed by atoms with Crippen LogP contribution in [0.3, 0.4) is 0 Å². The molecule has 0 aliphatic heterocycles. The van der Waals surface area contributed by atoms with Crippen molar-refractivity contribution in [3.05, 3.63) is 27.7 Å². The average molecular weight is 243 g/mol. The Bertz CT molecular complexity index is 347. The summed E-state index contributed by atoms with van der Waals surface area (Å²) in [6.45, 7) is 0. The first-order chi connectivity index (χ1) is 6.24. The first-order valence-electron chi connectivity index (χ1n) is 3.51. The second kappa shape index (κ2) is 4.18. The van der Waals surface area contributed by atoms with Crippen molar-refractivity contribution in [3.8, 4) is 5.75 Å². The van der Waals surface area contributed by atoms with Crippen LogP contribution in [0.1, 0.15) is 20.7 Å². The Kier molecular flexibility index (Phi) is 3.19. The molecule has 0 unspecified atom stereocenters. The van der Waals surface area contributed by atoms with Gasteiger partial charge in [-0.3, -0.25) is 9.59 Å². The Hall–Kier alpha value is -1.16. The molecule has 0 fully saturated rings. The lowest BCUT2D eigenvalue weighted by Crippen LogP contribution is -1.94. The van der Waals surface area contributed by atoms with Crippen LogP contribution >= 0.6 is 15.9 Å². The Morgan fingerprint density at radius 3 is 2.46 bits per heavy atom. The maximum absolute atomic E-state index is 10.6. The Morgan fingerprint density at radius 2 is 2.00 bits per heavy atom. The summed E-state index contributed by atoms with van der Waals surface area (Å²) in [5.41, 5.74) is 0.787. The summed E-state index contributed by atoms with van der Waals surface area (Å²) in [6, 6.07) is 3.17. The van der Waals surface area contributed by atoms with Crippen LogP contribution in [0.25, 0.3) is 0 Å². The van der Waals surface area contributed by atoms with Gasteiger partial charge in [0.2, 0.25) is 0 Å². The van der Waals surface area contributed by atoms with E-state index in [0.29, 0.717) is 33.9 Å². The molecule has 68 valence electrons. The van der Waals surface area contributed by atoms with Crippen molar-refractivity contribution >= 4 is 28.5 Å². The highest BCUT2D eigenvalue weighted by atomic mass is 79.9. The quantitative estimate of drug-likeness (QED) is 0.763. The van der Waals surface area contributed by atoms with E-state index in [4.69, 9.17) is 4.74 Å². The highest BCUT2D eigenvalue weighted by molar-refractivity contribution is 9.10. The lowest BCUT2D eigenvalue weighted by molar-refractivity contribution is 0.111. The molecule has 0 aliphatic rings. The maximum Gasteiger partial charge on any atom is 0.154 e. The molecule has 1 rings (SSSR count). The van der Waals surface area contributed by atoms with E-state index in [2.05, 4.69) is 15.9 Å². The zero-order valence-electron chi connectivity index (χ0n) is 6.91. The molecule has 0 atom stereocenters. The van der Waals surface area contributed by atoms with Crippen molar-refractivity contribution in [2.24, 2.45) is 0 Å². The molecule has 0 heterocycles. The molecule has 0 amide bonds. The van der Waals surface area contributed by atoms with E-state index in [9.17, 15) is 9.59 Å². The molecular weight excluding hydrogens is 236 g/mol. The van der Waals surface area contributed by atoms with Gasteiger partial charge in [0.25, 0.3) is 0 Å². The lowest BCUT2D eigenvalue weighted by Gasteiger charge is -2.06. The van der Waals surface area contributed by atoms with Gasteiger partial charge in [0.05, 0.1) is 12.7 Å². The number of hydrogen-bond donors (Lipinski definition) is 0. The summed E-state index contributed by atoms with van der Waals surface area (Å²) in [4.78, 5) is 21.2. The molecule has 3 nitrogen and oxygen atoms in total. The van der Waals surface area contributed by atoms with Crippen molar-refractivity contribution in [1.29, 1.82) is 0 Å². The maximum atomic E-state index is 10.6. The zero-order valence-corrected chi connectivity index (χ0v) is 8.50. The van der Waals surface area contributed by atoms with Crippen molar-refractivity contribution < 1.29 is 14.3 Å². The largest absolute Gasteiger partial charge is 0.496 e. The van der Waals surface area contributed by atoms with E-state index in [1.165, 1.54) is 7.11 Å². The van der Waals surface area contributed by atoms with Crippen LogP contribution in [-0.4, -0.2) is 19.7 Å². The van der Waals surface area contributed by atoms with E-state index < -0.39 is 0 Å². The summed E-state index contributed by atoms with van der Waals surface area (Å²) in [6.07, 6.45) is 1.33. The SMILES string of the molecule is COc1ccc(C=O)c(Br)c1C=O. The minimum atomic E-state index is 0.354. The molecule has 4 heteroatoms. The molecule has 13 heavy (non-hydrogen) atoms. The molecule has 0 aliphatic carbocycles. The van der Waals surface area contributed by atoms with Crippen LogP contribution < -0.4 is 4.74 Å². The number of methoxy groups -OCH3 is 1. The second-order valence-electron chi connectivity index (χ2n) is 2.32. The predicted octanol–water partition coefficient (Wildman–Crippen LogP) is 2.08. The number of hydrogen-bond acceptors (Lipinski definition) is 3. The van der Waals surface area contributed by atoms with Crippen molar-refractivity contribution in [1.82, 2.24) is 0 Å². The molecule has 0 N–H and O–H groups in total. The van der Waals surface area contributed by atoms with Crippen LogP contribution in [0.2, 0.25) is 0 Å². The van der Waals surface area contributed by atoms with E-state index in [1.54, 1.807) is 12.1 Å². The third kappa shape index (κ3) is 1.78. The van der Waals surface area contributed by atoms with Gasteiger partial charge in [0, 0.05) is 10.0 Å². The van der Waals surface area contributed by atoms with Gasteiger partial charge in [-0.15, -0.1) is 0 Å². The number of carbonyl (C=O) groups is 2. The van der Waals surface area contributed by atoms with Crippen LogP contribution in [-0.2, 0) is 0 Å². The van der Waals surface area contributed by atoms with E-state index in [0.717, 1.165) is 0 Å². The Morgan fingerprint density at radius 1 is 1.31 bits per heavy atom. The fourth-order valence-electron chi connectivity index (χ4n) is 0.971. The van der Waals surface area contributed by atoms with Gasteiger partial charge >= 0.3 is 0 Å². The third-order valence-electron chi connectivity index (χ3n) is 1.63. The molecule has 0 spiro atoms. The Labute approximate surface area is 83.8 Å². The number of carbonyl (C=O) groups excluding carboxylic acids is 2. The fraction of sp³-hybridized carbons (Fsp3) is 0.111. The summed E-state index contributed by atoms with van der Waals surface area (Å²) in [5.74, 6) is 0.451. The predicted molar refractivity (Wildman–Crippen MR) is 51.5 cm³/mol. The van der Waals surface area contributed by atoms with E-state index in [1.807, 2.05) is 0 Å². The summed E-state index contributed by atoms with van der Waals surface area (Å²) in [5, 5.41) is 0. The topological polar surface area (TPSA) is 43.4 Å². The minimum absolute atomic E-state index is 0.354. The van der Waals surface area contributed by atoms with E-state index >= 15 is 0 Å². The normalized spacial score (nSPS) is 9.38. The van der Waals surface area contributed by atoms with Crippen molar-refractivity contribution in [2.45, 2.75) is 0 Å².